The van der Waals surface area contributed by atoms with Crippen LogP contribution in [-0.4, -0.2) is 56.2 Å². The smallest absolute Gasteiger partial charge is 0.371 e. The molecule has 14 heteroatoms. The Hall–Kier alpha value is -1.21. The Morgan fingerprint density at radius 2 is 1.47 bits per heavy atom. The number of aliphatic hydroxyl groups is 1. The molecule has 0 spiro atoms. The van der Waals surface area contributed by atoms with E-state index in [9.17, 15) is 28.8 Å². The summed E-state index contributed by atoms with van der Waals surface area (Å²) in [7, 11) is -4.22. The van der Waals surface area contributed by atoms with Gasteiger partial charge in [-0.15, -0.1) is 0 Å². The van der Waals surface area contributed by atoms with Gasteiger partial charge >= 0.3 is 13.5 Å². The molecule has 1 rings (SSSR count). The number of carbonyl (C=O) groups is 2. The summed E-state index contributed by atoms with van der Waals surface area (Å²) in [6.45, 7) is 9.71. The van der Waals surface area contributed by atoms with Crippen LogP contribution in [0.3, 0.4) is 0 Å². The van der Waals surface area contributed by atoms with Crippen molar-refractivity contribution in [2.75, 3.05) is 31.3 Å². The minimum Gasteiger partial charge on any atom is -0.371 e. The fourth-order valence-electron chi connectivity index (χ4n) is 2.01. The van der Waals surface area contributed by atoms with Gasteiger partial charge in [0, 0.05) is 34.6 Å². The van der Waals surface area contributed by atoms with E-state index in [0.717, 1.165) is 40.4 Å². The van der Waals surface area contributed by atoms with Gasteiger partial charge < -0.3 is 5.11 Å². The predicted molar refractivity (Wildman–Crippen MR) is 132 cm³/mol. The fourth-order valence-corrected chi connectivity index (χ4v) is 5.00. The number of hydrogen-bond donors (Lipinski definition) is 2. The molecule has 0 aliphatic carbocycles. The number of rotatable bonds is 12. The number of phosphoric acid groups is 1. The molecule has 0 bridgehead atoms. The SMILES string of the molecule is CC(C)(C)C(=O)SCCOP(=O)(OCCSC(=O)C(C)(C)C)OC[C@@H](O)n1ccc(=O)[nH]c1=O. The van der Waals surface area contributed by atoms with E-state index in [2.05, 4.69) is 0 Å². The lowest BCUT2D eigenvalue weighted by Gasteiger charge is -2.21. The molecule has 194 valence electrons. The van der Waals surface area contributed by atoms with Crippen LogP contribution in [0, 0.1) is 10.8 Å². The number of carbonyl (C=O) groups excluding carboxylic acids is 2. The monoisotopic (exact) mass is 540 g/mol. The number of phosphoric ester groups is 1. The Kier molecular flexibility index (Phi) is 12.0. The molecule has 0 fully saturated rings. The first-order chi connectivity index (χ1) is 15.5. The molecule has 2 N–H and O–H groups in total. The topological polar surface area (TPSA) is 154 Å². The first-order valence-electron chi connectivity index (χ1n) is 10.4. The third kappa shape index (κ3) is 11.0. The number of H-pyrrole nitrogens is 1. The number of aromatic nitrogens is 2. The summed E-state index contributed by atoms with van der Waals surface area (Å²) in [6.07, 6.45) is -0.524. The number of aliphatic hydroxyl groups excluding tert-OH is 1. The summed E-state index contributed by atoms with van der Waals surface area (Å²) >= 11 is 2.02. The minimum atomic E-state index is -4.22. The number of hydrogen-bond acceptors (Lipinski definition) is 11. The molecule has 0 saturated heterocycles. The lowest BCUT2D eigenvalue weighted by Crippen LogP contribution is -2.33. The molecule has 0 radical (unpaired) electrons. The molecule has 0 saturated carbocycles. The van der Waals surface area contributed by atoms with Crippen LogP contribution in [0.5, 0.6) is 0 Å². The van der Waals surface area contributed by atoms with Crippen molar-refractivity contribution in [3.8, 4) is 0 Å². The van der Waals surface area contributed by atoms with Gasteiger partial charge in [-0.2, -0.15) is 0 Å². The zero-order chi connectivity index (χ0) is 26.2. The molecule has 0 aromatic carbocycles. The number of aromatic amines is 1. The Balaban J connectivity index is 2.75. The fraction of sp³-hybridized carbons (Fsp3) is 0.700. The maximum Gasteiger partial charge on any atom is 0.474 e. The third-order valence-electron chi connectivity index (χ3n) is 3.91. The highest BCUT2D eigenvalue weighted by Gasteiger charge is 2.30. The molecule has 0 unspecified atom stereocenters. The summed E-state index contributed by atoms with van der Waals surface area (Å²) < 4.78 is 29.6. The summed E-state index contributed by atoms with van der Waals surface area (Å²) in [6, 6.07) is 1.03. The predicted octanol–water partition coefficient (Wildman–Crippen LogP) is 2.80. The first-order valence-corrected chi connectivity index (χ1v) is 13.9. The van der Waals surface area contributed by atoms with Crippen LogP contribution in [0.25, 0.3) is 0 Å². The maximum atomic E-state index is 13.1. The van der Waals surface area contributed by atoms with Gasteiger partial charge in [0.05, 0.1) is 13.2 Å². The van der Waals surface area contributed by atoms with Crippen LogP contribution in [0.4, 0.5) is 0 Å². The van der Waals surface area contributed by atoms with Gasteiger partial charge in [0.2, 0.25) is 0 Å². The van der Waals surface area contributed by atoms with Gasteiger partial charge in [-0.1, -0.05) is 65.1 Å². The first kappa shape index (κ1) is 30.8. The quantitative estimate of drug-likeness (QED) is 0.297. The van der Waals surface area contributed by atoms with E-state index in [1.807, 2.05) is 4.98 Å². The van der Waals surface area contributed by atoms with Crippen molar-refractivity contribution in [2.24, 2.45) is 10.8 Å². The van der Waals surface area contributed by atoms with E-state index in [-0.39, 0.29) is 35.0 Å². The van der Waals surface area contributed by atoms with Crippen LogP contribution in [-0.2, 0) is 27.7 Å². The third-order valence-corrected chi connectivity index (χ3v) is 7.86. The Bertz CT molecular complexity index is 957. The van der Waals surface area contributed by atoms with Gasteiger partial charge in [0.25, 0.3) is 5.56 Å². The largest absolute Gasteiger partial charge is 0.474 e. The second kappa shape index (κ2) is 13.2. The molecule has 1 aromatic rings. The van der Waals surface area contributed by atoms with E-state index >= 15 is 0 Å². The highest BCUT2D eigenvalue weighted by molar-refractivity contribution is 8.14. The minimum absolute atomic E-state index is 0.0715. The molecule has 1 aromatic heterocycles. The lowest BCUT2D eigenvalue weighted by molar-refractivity contribution is -0.118. The van der Waals surface area contributed by atoms with Crippen molar-refractivity contribution < 1.29 is 32.8 Å². The summed E-state index contributed by atoms with van der Waals surface area (Å²) in [5.41, 5.74) is -2.62. The zero-order valence-corrected chi connectivity index (χ0v) is 22.7. The number of nitrogens with one attached hydrogen (secondary N) is 1. The van der Waals surface area contributed by atoms with Crippen LogP contribution in [0.1, 0.15) is 47.8 Å². The van der Waals surface area contributed by atoms with Gasteiger partial charge in [0.1, 0.15) is 6.61 Å². The highest BCUT2D eigenvalue weighted by Crippen LogP contribution is 2.50. The summed E-state index contributed by atoms with van der Waals surface area (Å²) in [5.74, 6) is 0.373. The van der Waals surface area contributed by atoms with Crippen LogP contribution in [0.15, 0.2) is 21.9 Å². The van der Waals surface area contributed by atoms with Crippen molar-refractivity contribution in [3.63, 3.8) is 0 Å². The second-order valence-electron chi connectivity index (χ2n) is 9.18. The van der Waals surface area contributed by atoms with Crippen molar-refractivity contribution in [1.29, 1.82) is 0 Å². The van der Waals surface area contributed by atoms with E-state index in [1.165, 1.54) is 0 Å². The van der Waals surface area contributed by atoms with Crippen LogP contribution in [0.2, 0.25) is 0 Å². The van der Waals surface area contributed by atoms with Crippen molar-refractivity contribution >= 4 is 41.6 Å². The van der Waals surface area contributed by atoms with E-state index in [1.54, 1.807) is 41.5 Å². The molecular weight excluding hydrogens is 507 g/mol. The zero-order valence-electron chi connectivity index (χ0n) is 20.2. The molecule has 34 heavy (non-hydrogen) atoms. The Labute approximate surface area is 206 Å². The van der Waals surface area contributed by atoms with Gasteiger partial charge in [-0.25, -0.2) is 9.36 Å². The van der Waals surface area contributed by atoms with E-state index < -0.39 is 42.7 Å². The molecule has 1 atom stereocenters. The average Bonchev–Trinajstić information content (AvgIpc) is 2.71. The molecule has 0 aliphatic rings. The highest BCUT2D eigenvalue weighted by atomic mass is 32.2. The molecule has 1 heterocycles. The average molecular weight is 541 g/mol. The van der Waals surface area contributed by atoms with Gasteiger partial charge in [0.15, 0.2) is 16.5 Å². The lowest BCUT2D eigenvalue weighted by atomic mass is 9.99. The Morgan fingerprint density at radius 3 is 1.88 bits per heavy atom. The van der Waals surface area contributed by atoms with Crippen molar-refractivity contribution in [3.05, 3.63) is 33.1 Å². The standard InChI is InChI=1S/C20H33N2O9PS2/c1-19(2,3)16(25)33-11-9-29-32(28,30-10-12-34-17(26)20(4,5)6)31-13-15(24)22-8-7-14(23)21-18(22)27/h7-8,15,24H,9-13H2,1-6H3,(H,21,23,27)/t15-/m1/s1. The number of nitrogens with zero attached hydrogens (tertiary/aromatic N) is 1. The van der Waals surface area contributed by atoms with Gasteiger partial charge in [-0.05, 0) is 0 Å². The molecular formula is C20H33N2O9PS2. The van der Waals surface area contributed by atoms with Crippen LogP contribution >= 0.6 is 31.3 Å². The Morgan fingerprint density at radius 1 is 1.00 bits per heavy atom. The molecule has 0 aliphatic heterocycles. The normalized spacial score (nSPS) is 13.6. The summed E-state index contributed by atoms with van der Waals surface area (Å²) in [5, 5.41) is 10.1. The van der Waals surface area contributed by atoms with Crippen LogP contribution < -0.4 is 11.2 Å². The maximum absolute atomic E-state index is 13.1. The second-order valence-corrected chi connectivity index (χ2v) is 13.0. The summed E-state index contributed by atoms with van der Waals surface area (Å²) in [4.78, 5) is 49.0. The van der Waals surface area contributed by atoms with Gasteiger partial charge in [-0.3, -0.25) is 37.5 Å². The van der Waals surface area contributed by atoms with Crippen molar-refractivity contribution in [2.45, 2.75) is 47.8 Å². The van der Waals surface area contributed by atoms with Crippen molar-refractivity contribution in [1.82, 2.24) is 9.55 Å². The number of thioether (sulfide) groups is 2. The molecule has 0 amide bonds. The van der Waals surface area contributed by atoms with E-state index in [4.69, 9.17) is 13.6 Å². The molecule has 11 nitrogen and oxygen atoms in total. The van der Waals surface area contributed by atoms with E-state index in [0.29, 0.717) is 0 Å².